The molecule has 0 fully saturated rings. The Bertz CT molecular complexity index is 1000. The summed E-state index contributed by atoms with van der Waals surface area (Å²) in [6.07, 6.45) is 12.5. The fourth-order valence-corrected chi connectivity index (χ4v) is 3.35. The number of nitrogens with one attached hydrogen (secondary N) is 3. The van der Waals surface area contributed by atoms with E-state index < -0.39 is 0 Å². The number of rotatable bonds is 7. The molecular weight excluding hydrogens is 370 g/mol. The number of hydrogen-bond donors (Lipinski definition) is 3. The van der Waals surface area contributed by atoms with Gasteiger partial charge < -0.3 is 16.0 Å². The normalized spacial score (nSPS) is 14.1. The number of urea groups is 1. The average molecular weight is 400 g/mol. The van der Waals surface area contributed by atoms with Gasteiger partial charge in [0.05, 0.1) is 0 Å². The fraction of sp³-hybridized carbons (Fsp3) is 0.269. The smallest absolute Gasteiger partial charge is 0.319 e. The van der Waals surface area contributed by atoms with E-state index in [4.69, 9.17) is 0 Å². The molecule has 0 heterocycles. The number of allylic oxidation sites excluding steroid dienone is 4. The van der Waals surface area contributed by atoms with Crippen LogP contribution in [-0.4, -0.2) is 19.1 Å². The minimum absolute atomic E-state index is 0.184. The van der Waals surface area contributed by atoms with Gasteiger partial charge in [0.2, 0.25) is 0 Å². The van der Waals surface area contributed by atoms with E-state index in [-0.39, 0.29) is 12.1 Å². The first-order valence-electron chi connectivity index (χ1n) is 10.5. The summed E-state index contributed by atoms with van der Waals surface area (Å²) in [6.45, 7) is 3.46. The van der Waals surface area contributed by atoms with Crippen molar-refractivity contribution in [2.45, 2.75) is 32.2 Å². The number of benzene rings is 2. The summed E-state index contributed by atoms with van der Waals surface area (Å²) in [7, 11) is 0. The van der Waals surface area contributed by atoms with Crippen molar-refractivity contribution >= 4 is 16.8 Å². The van der Waals surface area contributed by atoms with Gasteiger partial charge in [-0.25, -0.2) is 4.79 Å². The summed E-state index contributed by atoms with van der Waals surface area (Å²) in [5.74, 6) is 6.07. The predicted molar refractivity (Wildman–Crippen MR) is 125 cm³/mol. The largest absolute Gasteiger partial charge is 0.337 e. The van der Waals surface area contributed by atoms with Crippen LogP contribution in [0.1, 0.15) is 37.8 Å². The first-order valence-corrected chi connectivity index (χ1v) is 10.5. The molecule has 0 bridgehead atoms. The first-order chi connectivity index (χ1) is 14.7. The van der Waals surface area contributed by atoms with Crippen molar-refractivity contribution in [3.63, 3.8) is 0 Å². The number of fused-ring (bicyclic) bond motifs is 1. The highest BCUT2D eigenvalue weighted by atomic mass is 16.2. The van der Waals surface area contributed by atoms with E-state index in [0.29, 0.717) is 13.0 Å². The first kappa shape index (κ1) is 21.4. The van der Waals surface area contributed by atoms with Gasteiger partial charge in [0, 0.05) is 31.2 Å². The van der Waals surface area contributed by atoms with Crippen LogP contribution in [0.4, 0.5) is 4.79 Å². The molecule has 0 saturated carbocycles. The number of carbonyl (C=O) groups is 1. The monoisotopic (exact) mass is 399 g/mol. The van der Waals surface area contributed by atoms with E-state index in [1.165, 1.54) is 16.3 Å². The Balaban J connectivity index is 1.33. The van der Waals surface area contributed by atoms with E-state index in [1.807, 2.05) is 24.3 Å². The van der Waals surface area contributed by atoms with Crippen molar-refractivity contribution < 1.29 is 4.79 Å². The zero-order chi connectivity index (χ0) is 21.0. The lowest BCUT2D eigenvalue weighted by molar-refractivity contribution is 0.244. The molecule has 2 aromatic carbocycles. The summed E-state index contributed by atoms with van der Waals surface area (Å²) in [6, 6.07) is 15.0. The minimum atomic E-state index is -0.184. The molecule has 1 aliphatic rings. The van der Waals surface area contributed by atoms with Gasteiger partial charge in [0.25, 0.3) is 0 Å². The van der Waals surface area contributed by atoms with Crippen LogP contribution in [0.15, 0.2) is 78.5 Å². The van der Waals surface area contributed by atoms with Crippen molar-refractivity contribution in [1.82, 2.24) is 16.0 Å². The zero-order valence-electron chi connectivity index (χ0n) is 17.4. The van der Waals surface area contributed by atoms with Crippen molar-refractivity contribution in [2.24, 2.45) is 0 Å². The van der Waals surface area contributed by atoms with Crippen molar-refractivity contribution in [3.8, 4) is 11.8 Å². The molecule has 0 aliphatic heterocycles. The third-order valence-electron chi connectivity index (χ3n) is 4.92. The van der Waals surface area contributed by atoms with E-state index in [1.54, 1.807) is 0 Å². The van der Waals surface area contributed by atoms with Gasteiger partial charge in [-0.15, -0.1) is 0 Å². The number of hydrogen-bond acceptors (Lipinski definition) is 2. The number of amides is 2. The van der Waals surface area contributed by atoms with Crippen LogP contribution < -0.4 is 16.0 Å². The minimum Gasteiger partial charge on any atom is -0.337 e. The molecule has 30 heavy (non-hydrogen) atoms. The Labute approximate surface area is 179 Å². The third kappa shape index (κ3) is 6.65. The zero-order valence-corrected chi connectivity index (χ0v) is 17.4. The lowest BCUT2D eigenvalue weighted by Gasteiger charge is -2.15. The maximum absolute atomic E-state index is 11.8. The second kappa shape index (κ2) is 11.6. The summed E-state index contributed by atoms with van der Waals surface area (Å²) in [5.41, 5.74) is 2.16. The molecule has 1 atom stereocenters. The van der Waals surface area contributed by atoms with Gasteiger partial charge in [-0.1, -0.05) is 72.5 Å². The van der Waals surface area contributed by atoms with Gasteiger partial charge in [-0.2, -0.15) is 0 Å². The van der Waals surface area contributed by atoms with Crippen molar-refractivity contribution in [1.29, 1.82) is 0 Å². The Morgan fingerprint density at radius 3 is 2.90 bits per heavy atom. The maximum Gasteiger partial charge on any atom is 0.319 e. The molecule has 1 aliphatic carbocycles. The van der Waals surface area contributed by atoms with Crippen LogP contribution in [0, 0.1) is 11.8 Å². The summed E-state index contributed by atoms with van der Waals surface area (Å²) >= 11 is 0. The SMILES string of the molecule is C[C@@H](NC/C=C/C#CCCNC(=O)NC1=CCCC=C1)c1cccc2ccccc12. The summed E-state index contributed by atoms with van der Waals surface area (Å²) in [5, 5.41) is 11.7. The van der Waals surface area contributed by atoms with Gasteiger partial charge in [-0.05, 0) is 48.3 Å². The molecule has 2 aromatic rings. The molecule has 154 valence electrons. The Morgan fingerprint density at radius 2 is 2.03 bits per heavy atom. The van der Waals surface area contributed by atoms with Crippen LogP contribution in [0.3, 0.4) is 0 Å². The van der Waals surface area contributed by atoms with Crippen molar-refractivity contribution in [2.75, 3.05) is 13.1 Å². The third-order valence-corrected chi connectivity index (χ3v) is 4.92. The fourth-order valence-electron chi connectivity index (χ4n) is 3.35. The highest BCUT2D eigenvalue weighted by Gasteiger charge is 2.07. The van der Waals surface area contributed by atoms with Crippen molar-refractivity contribution in [3.05, 3.63) is 84.1 Å². The summed E-state index contributed by atoms with van der Waals surface area (Å²) in [4.78, 5) is 11.8. The van der Waals surface area contributed by atoms with E-state index in [2.05, 4.69) is 83.3 Å². The van der Waals surface area contributed by atoms with Gasteiger partial charge in [0.1, 0.15) is 0 Å². The topological polar surface area (TPSA) is 53.2 Å². The molecule has 2 amide bonds. The molecule has 0 radical (unpaired) electrons. The van der Waals surface area contributed by atoms with Gasteiger partial charge >= 0.3 is 6.03 Å². The quantitative estimate of drug-likeness (QED) is 0.455. The highest BCUT2D eigenvalue weighted by Crippen LogP contribution is 2.23. The molecular formula is C26H29N3O. The lowest BCUT2D eigenvalue weighted by atomic mass is 10.00. The number of carbonyl (C=O) groups excluding carboxylic acids is 1. The van der Waals surface area contributed by atoms with Crippen LogP contribution in [0.25, 0.3) is 10.8 Å². The molecule has 0 spiro atoms. The highest BCUT2D eigenvalue weighted by molar-refractivity contribution is 5.86. The molecule has 4 heteroatoms. The molecule has 0 unspecified atom stereocenters. The van der Waals surface area contributed by atoms with E-state index >= 15 is 0 Å². The lowest BCUT2D eigenvalue weighted by Crippen LogP contribution is -2.35. The molecule has 4 nitrogen and oxygen atoms in total. The molecule has 0 aromatic heterocycles. The van der Waals surface area contributed by atoms with Crippen LogP contribution in [0.2, 0.25) is 0 Å². The van der Waals surface area contributed by atoms with Crippen LogP contribution in [-0.2, 0) is 0 Å². The second-order valence-corrected chi connectivity index (χ2v) is 7.19. The molecule has 3 N–H and O–H groups in total. The van der Waals surface area contributed by atoms with Gasteiger partial charge in [-0.3, -0.25) is 0 Å². The maximum atomic E-state index is 11.8. The van der Waals surface area contributed by atoms with E-state index in [0.717, 1.165) is 25.1 Å². The Morgan fingerprint density at radius 1 is 1.17 bits per heavy atom. The Hall–Kier alpha value is -3.29. The van der Waals surface area contributed by atoms with Crippen LogP contribution >= 0.6 is 0 Å². The molecule has 0 saturated heterocycles. The van der Waals surface area contributed by atoms with E-state index in [9.17, 15) is 4.79 Å². The standard InChI is InChI=1S/C26H29N3O/c1-21(24-18-12-14-22-13-8-9-17-25(22)24)27-19-10-3-2-4-11-20-28-26(30)29-23-15-6-5-7-16-23/h3,6,8-10,12-18,21,27H,5,7,11,19-20H2,1H3,(H2,28,29,30)/b10-3+/t21-/m1/s1. The average Bonchev–Trinajstić information content (AvgIpc) is 2.78. The van der Waals surface area contributed by atoms with Gasteiger partial charge in [0.15, 0.2) is 0 Å². The summed E-state index contributed by atoms with van der Waals surface area (Å²) < 4.78 is 0. The predicted octanol–water partition coefficient (Wildman–Crippen LogP) is 4.97. The Kier molecular flexibility index (Phi) is 8.32. The van der Waals surface area contributed by atoms with Crippen LogP contribution in [0.5, 0.6) is 0 Å². The molecule has 3 rings (SSSR count). The second-order valence-electron chi connectivity index (χ2n) is 7.19.